The molecule has 1 aliphatic rings. The van der Waals surface area contributed by atoms with Crippen molar-refractivity contribution in [3.63, 3.8) is 0 Å². The first-order chi connectivity index (χ1) is 14.2. The number of halogens is 1. The van der Waals surface area contributed by atoms with Gasteiger partial charge in [0, 0.05) is 0 Å². The molecule has 0 bridgehead atoms. The van der Waals surface area contributed by atoms with E-state index in [9.17, 15) is 4.79 Å². The van der Waals surface area contributed by atoms with Gasteiger partial charge in [0.1, 0.15) is 0 Å². The van der Waals surface area contributed by atoms with E-state index >= 15 is 0 Å². The topological polar surface area (TPSA) is 81.9 Å². The standard InChI is InChI=1S/C20H23AsBrN5O2/c1-29-9-8-23-14-6-7-17(24-12-14)21-20-25-11-13-10-16(22)19(28)27(18(13)26-20)15-4-2-3-5-15/h6-7,10-12,15,21,23H,2-5,8-9H2,1H3. The summed E-state index contributed by atoms with van der Waals surface area (Å²) in [5.41, 5.74) is 1.71. The fourth-order valence-corrected chi connectivity index (χ4v) is 5.78. The summed E-state index contributed by atoms with van der Waals surface area (Å²) in [7, 11) is 1.68. The second kappa shape index (κ2) is 9.37. The third-order valence-electron chi connectivity index (χ3n) is 5.06. The van der Waals surface area contributed by atoms with Crippen molar-refractivity contribution in [3.8, 4) is 0 Å². The van der Waals surface area contributed by atoms with Crippen LogP contribution in [0.15, 0.2) is 39.9 Å². The molecule has 3 aromatic rings. The summed E-state index contributed by atoms with van der Waals surface area (Å²) < 4.78 is 9.29. The number of ether oxygens (including phenoxy) is 1. The molecular formula is C20H23AsBrN5O2. The van der Waals surface area contributed by atoms with Gasteiger partial charge in [-0.15, -0.1) is 0 Å². The Bertz CT molecular complexity index is 1050. The van der Waals surface area contributed by atoms with E-state index in [2.05, 4.69) is 31.2 Å². The minimum absolute atomic E-state index is 0.00124. The number of rotatable bonds is 7. The molecule has 29 heavy (non-hydrogen) atoms. The molecule has 1 unspecified atom stereocenters. The molecule has 9 heteroatoms. The average Bonchev–Trinajstić information content (AvgIpc) is 3.25. The van der Waals surface area contributed by atoms with Crippen LogP contribution in [0.25, 0.3) is 11.0 Å². The van der Waals surface area contributed by atoms with Gasteiger partial charge in [-0.3, -0.25) is 0 Å². The van der Waals surface area contributed by atoms with Crippen molar-refractivity contribution in [2.75, 3.05) is 25.6 Å². The molecule has 1 aliphatic carbocycles. The quantitative estimate of drug-likeness (QED) is 0.376. The predicted molar refractivity (Wildman–Crippen MR) is 120 cm³/mol. The molecule has 1 N–H and O–H groups in total. The van der Waals surface area contributed by atoms with E-state index in [0.717, 1.165) is 58.0 Å². The summed E-state index contributed by atoms with van der Waals surface area (Å²) in [4.78, 5) is 26.8. The normalized spacial score (nSPS) is 15.0. The molecule has 7 nitrogen and oxygen atoms in total. The van der Waals surface area contributed by atoms with Gasteiger partial charge in [-0.05, 0) is 0 Å². The van der Waals surface area contributed by atoms with Crippen molar-refractivity contribution in [2.45, 2.75) is 31.7 Å². The molecule has 0 aliphatic heterocycles. The molecule has 0 spiro atoms. The Morgan fingerprint density at radius 1 is 1.28 bits per heavy atom. The van der Waals surface area contributed by atoms with Crippen molar-refractivity contribution < 1.29 is 4.74 Å². The summed E-state index contributed by atoms with van der Waals surface area (Å²) in [6.07, 6.45) is 8.04. The maximum atomic E-state index is 12.8. The van der Waals surface area contributed by atoms with E-state index in [0.29, 0.717) is 11.1 Å². The predicted octanol–water partition coefficient (Wildman–Crippen LogP) is 1.51. The second-order valence-electron chi connectivity index (χ2n) is 7.05. The van der Waals surface area contributed by atoms with Crippen LogP contribution < -0.4 is 20.0 Å². The van der Waals surface area contributed by atoms with Crippen molar-refractivity contribution >= 4 is 57.5 Å². The van der Waals surface area contributed by atoms with E-state index in [1.807, 2.05) is 35.2 Å². The van der Waals surface area contributed by atoms with Crippen LogP contribution in [0.1, 0.15) is 31.7 Å². The van der Waals surface area contributed by atoms with E-state index in [1.54, 1.807) is 7.11 Å². The molecular weight excluding hydrogens is 497 g/mol. The number of hydrogen-bond acceptors (Lipinski definition) is 6. The Balaban J connectivity index is 1.61. The fourth-order valence-electron chi connectivity index (χ4n) is 3.63. The Morgan fingerprint density at radius 2 is 2.10 bits per heavy atom. The van der Waals surface area contributed by atoms with Gasteiger partial charge >= 0.3 is 184 Å². The van der Waals surface area contributed by atoms with Gasteiger partial charge < -0.3 is 0 Å². The van der Waals surface area contributed by atoms with E-state index < -0.39 is 15.8 Å². The average molecular weight is 520 g/mol. The van der Waals surface area contributed by atoms with Crippen LogP contribution in [0.5, 0.6) is 0 Å². The zero-order valence-electron chi connectivity index (χ0n) is 16.2. The summed E-state index contributed by atoms with van der Waals surface area (Å²) in [6, 6.07) is 6.09. The van der Waals surface area contributed by atoms with Gasteiger partial charge in [0.15, 0.2) is 0 Å². The number of hydrogen-bond donors (Lipinski definition) is 1. The molecule has 4 rings (SSSR count). The first kappa shape index (κ1) is 20.5. The first-order valence-corrected chi connectivity index (χ1v) is 12.6. The summed E-state index contributed by atoms with van der Waals surface area (Å²) in [5.74, 6) is 0. The zero-order chi connectivity index (χ0) is 20.2. The van der Waals surface area contributed by atoms with Crippen LogP contribution in [0.2, 0.25) is 0 Å². The molecule has 0 amide bonds. The minimum atomic E-state index is -0.789. The zero-order valence-corrected chi connectivity index (χ0v) is 19.9. The van der Waals surface area contributed by atoms with Crippen LogP contribution in [0.3, 0.4) is 0 Å². The SMILES string of the molecule is COCCNc1ccc([AsH]c2ncc3cc(Br)c(=O)n(C4CCCC4)c3n2)nc1. The first-order valence-electron chi connectivity index (χ1n) is 9.69. The Kier molecular flexibility index (Phi) is 6.63. The van der Waals surface area contributed by atoms with E-state index in [4.69, 9.17) is 9.72 Å². The number of fused-ring (bicyclic) bond motifs is 1. The van der Waals surface area contributed by atoms with Crippen LogP contribution in [0.4, 0.5) is 5.69 Å². The van der Waals surface area contributed by atoms with Gasteiger partial charge in [-0.1, -0.05) is 0 Å². The molecule has 1 atom stereocenters. The van der Waals surface area contributed by atoms with Gasteiger partial charge in [0.25, 0.3) is 0 Å². The summed E-state index contributed by atoms with van der Waals surface area (Å²) in [6.45, 7) is 1.40. The number of nitrogens with one attached hydrogen (secondary N) is 1. The van der Waals surface area contributed by atoms with Gasteiger partial charge in [0.2, 0.25) is 0 Å². The van der Waals surface area contributed by atoms with Gasteiger partial charge in [-0.2, -0.15) is 0 Å². The Morgan fingerprint density at radius 3 is 2.83 bits per heavy atom. The number of pyridine rings is 2. The van der Waals surface area contributed by atoms with E-state index in [-0.39, 0.29) is 11.6 Å². The molecule has 0 radical (unpaired) electrons. The number of aromatic nitrogens is 4. The second-order valence-corrected chi connectivity index (χ2v) is 10.4. The van der Waals surface area contributed by atoms with Crippen LogP contribution >= 0.6 is 15.9 Å². The third kappa shape index (κ3) is 4.71. The van der Waals surface area contributed by atoms with Gasteiger partial charge in [-0.25, -0.2) is 0 Å². The monoisotopic (exact) mass is 519 g/mol. The summed E-state index contributed by atoms with van der Waals surface area (Å²) >= 11 is 2.62. The van der Waals surface area contributed by atoms with Crippen molar-refractivity contribution in [3.05, 3.63) is 45.4 Å². The van der Waals surface area contributed by atoms with E-state index in [1.165, 1.54) is 0 Å². The molecule has 0 aromatic carbocycles. The van der Waals surface area contributed by atoms with Crippen molar-refractivity contribution in [1.29, 1.82) is 0 Å². The Hall–Kier alpha value is -1.76. The maximum absolute atomic E-state index is 12.8. The summed E-state index contributed by atoms with van der Waals surface area (Å²) in [5, 5.41) is 4.16. The van der Waals surface area contributed by atoms with Crippen LogP contribution in [-0.2, 0) is 4.74 Å². The Labute approximate surface area is 184 Å². The molecule has 1 saturated carbocycles. The molecule has 3 heterocycles. The van der Waals surface area contributed by atoms with Crippen LogP contribution in [-0.4, -0.2) is 55.5 Å². The fraction of sp³-hybridized carbons (Fsp3) is 0.400. The molecule has 152 valence electrons. The molecule has 1 fully saturated rings. The number of nitrogens with zero attached hydrogens (tertiary/aromatic N) is 4. The van der Waals surface area contributed by atoms with Gasteiger partial charge in [0.05, 0.1) is 0 Å². The molecule has 3 aromatic heterocycles. The number of methoxy groups -OCH3 is 1. The number of anilines is 1. The van der Waals surface area contributed by atoms with Crippen molar-refractivity contribution in [2.24, 2.45) is 0 Å². The van der Waals surface area contributed by atoms with Crippen molar-refractivity contribution in [1.82, 2.24) is 19.5 Å². The van der Waals surface area contributed by atoms with Crippen LogP contribution in [0, 0.1) is 0 Å². The third-order valence-corrected chi connectivity index (χ3v) is 7.76. The molecule has 0 saturated heterocycles.